The molecule has 0 spiro atoms. The molecular formula is C16H21NO3. The van der Waals surface area contributed by atoms with Gasteiger partial charge in [0.15, 0.2) is 0 Å². The van der Waals surface area contributed by atoms with Crippen LogP contribution in [0, 0.1) is 12.8 Å². The maximum Gasteiger partial charge on any atom is 0.305 e. The molecule has 1 fully saturated rings. The fourth-order valence-corrected chi connectivity index (χ4v) is 2.31. The third kappa shape index (κ3) is 4.68. The van der Waals surface area contributed by atoms with E-state index in [9.17, 15) is 9.59 Å². The summed E-state index contributed by atoms with van der Waals surface area (Å²) in [5.41, 5.74) is 2.33. The number of nitrogens with one attached hydrogen (secondary N) is 1. The van der Waals surface area contributed by atoms with Crippen molar-refractivity contribution >= 4 is 11.9 Å². The van der Waals surface area contributed by atoms with Crippen LogP contribution in [0.15, 0.2) is 24.3 Å². The van der Waals surface area contributed by atoms with Crippen LogP contribution < -0.4 is 5.32 Å². The van der Waals surface area contributed by atoms with Crippen molar-refractivity contribution in [3.05, 3.63) is 35.4 Å². The zero-order chi connectivity index (χ0) is 14.5. The van der Waals surface area contributed by atoms with Crippen LogP contribution in [0.5, 0.6) is 0 Å². The molecule has 108 valence electrons. The second-order valence-corrected chi connectivity index (χ2v) is 5.59. The molecule has 1 aromatic rings. The summed E-state index contributed by atoms with van der Waals surface area (Å²) < 4.78 is 0. The van der Waals surface area contributed by atoms with Gasteiger partial charge in [0, 0.05) is 12.5 Å². The lowest BCUT2D eigenvalue weighted by molar-refractivity contribution is -0.137. The fraction of sp³-hybridized carbons (Fsp3) is 0.500. The molecule has 2 rings (SSSR count). The van der Waals surface area contributed by atoms with E-state index in [0.717, 1.165) is 18.4 Å². The molecule has 0 bridgehead atoms. The zero-order valence-electron chi connectivity index (χ0n) is 11.8. The number of carboxylic acids is 1. The summed E-state index contributed by atoms with van der Waals surface area (Å²) in [7, 11) is 0. The van der Waals surface area contributed by atoms with Crippen LogP contribution in [0.4, 0.5) is 0 Å². The first-order valence-electron chi connectivity index (χ1n) is 7.11. The molecule has 1 aliphatic rings. The standard InChI is InChI=1S/C16H21NO3/c1-11-2-4-12(5-3-11)6-9-15(18)17-14(10-16(19)20)13-7-8-13/h2-5,13-14H,6-10H2,1H3,(H,17,18)(H,19,20). The summed E-state index contributed by atoms with van der Waals surface area (Å²) in [6, 6.07) is 7.92. The number of carbonyl (C=O) groups excluding carboxylic acids is 1. The average molecular weight is 275 g/mol. The Balaban J connectivity index is 1.79. The highest BCUT2D eigenvalue weighted by molar-refractivity contribution is 5.77. The quantitative estimate of drug-likeness (QED) is 0.802. The number of aryl methyl sites for hydroxylation is 2. The fourth-order valence-electron chi connectivity index (χ4n) is 2.31. The number of amides is 1. The first kappa shape index (κ1) is 14.6. The summed E-state index contributed by atoms with van der Waals surface area (Å²) in [5, 5.41) is 11.7. The van der Waals surface area contributed by atoms with E-state index < -0.39 is 5.97 Å². The second kappa shape index (κ2) is 6.55. The van der Waals surface area contributed by atoms with E-state index in [2.05, 4.69) is 5.32 Å². The van der Waals surface area contributed by atoms with Crippen molar-refractivity contribution in [3.63, 3.8) is 0 Å². The molecule has 0 saturated heterocycles. The Bertz CT molecular complexity index is 477. The van der Waals surface area contributed by atoms with Gasteiger partial charge in [-0.2, -0.15) is 0 Å². The number of rotatable bonds is 7. The molecule has 1 aliphatic carbocycles. The minimum atomic E-state index is -0.847. The van der Waals surface area contributed by atoms with Crippen LogP contribution in [0.3, 0.4) is 0 Å². The summed E-state index contributed by atoms with van der Waals surface area (Å²) in [6.07, 6.45) is 3.18. The van der Waals surface area contributed by atoms with Gasteiger partial charge in [-0.15, -0.1) is 0 Å². The van der Waals surface area contributed by atoms with Gasteiger partial charge in [0.1, 0.15) is 0 Å². The number of benzene rings is 1. The van der Waals surface area contributed by atoms with E-state index in [1.54, 1.807) is 0 Å². The SMILES string of the molecule is Cc1ccc(CCC(=O)NC(CC(=O)O)C2CC2)cc1. The summed E-state index contributed by atoms with van der Waals surface area (Å²) in [6.45, 7) is 2.03. The van der Waals surface area contributed by atoms with Crippen LogP contribution in [-0.4, -0.2) is 23.0 Å². The first-order valence-corrected chi connectivity index (χ1v) is 7.11. The van der Waals surface area contributed by atoms with E-state index in [1.807, 2.05) is 31.2 Å². The Hall–Kier alpha value is -1.84. The highest BCUT2D eigenvalue weighted by Crippen LogP contribution is 2.34. The molecule has 1 saturated carbocycles. The molecule has 20 heavy (non-hydrogen) atoms. The molecule has 1 unspecified atom stereocenters. The highest BCUT2D eigenvalue weighted by Gasteiger charge is 2.33. The van der Waals surface area contributed by atoms with E-state index in [-0.39, 0.29) is 18.4 Å². The lowest BCUT2D eigenvalue weighted by Gasteiger charge is -2.16. The minimum absolute atomic E-state index is 0.0287. The molecule has 0 aromatic heterocycles. The Labute approximate surface area is 119 Å². The number of carboxylic acid groups (broad SMARTS) is 1. The highest BCUT2D eigenvalue weighted by atomic mass is 16.4. The largest absolute Gasteiger partial charge is 0.481 e. The number of hydrogen-bond acceptors (Lipinski definition) is 2. The Morgan fingerprint density at radius 2 is 1.95 bits per heavy atom. The molecule has 1 amide bonds. The molecule has 4 heteroatoms. The summed E-state index contributed by atoms with van der Waals surface area (Å²) >= 11 is 0. The molecule has 1 atom stereocenters. The molecular weight excluding hydrogens is 254 g/mol. The summed E-state index contributed by atoms with van der Waals surface area (Å²) in [5.74, 6) is -0.543. The van der Waals surface area contributed by atoms with Gasteiger partial charge in [-0.25, -0.2) is 0 Å². The van der Waals surface area contributed by atoms with Gasteiger partial charge >= 0.3 is 5.97 Å². The van der Waals surface area contributed by atoms with Crippen molar-refractivity contribution in [3.8, 4) is 0 Å². The first-order chi connectivity index (χ1) is 9.54. The van der Waals surface area contributed by atoms with Gasteiger partial charge in [-0.3, -0.25) is 9.59 Å². The van der Waals surface area contributed by atoms with Crippen molar-refractivity contribution in [1.29, 1.82) is 0 Å². The normalized spacial score (nSPS) is 15.7. The van der Waals surface area contributed by atoms with Gasteiger partial charge in [-0.1, -0.05) is 29.8 Å². The monoisotopic (exact) mass is 275 g/mol. The van der Waals surface area contributed by atoms with Crippen molar-refractivity contribution in [2.45, 2.75) is 45.1 Å². The van der Waals surface area contributed by atoms with Crippen molar-refractivity contribution in [2.24, 2.45) is 5.92 Å². The Morgan fingerprint density at radius 1 is 1.30 bits per heavy atom. The van der Waals surface area contributed by atoms with Crippen LogP contribution in [0.25, 0.3) is 0 Å². The van der Waals surface area contributed by atoms with Crippen LogP contribution in [0.2, 0.25) is 0 Å². The molecule has 1 aromatic carbocycles. The number of aliphatic carboxylic acids is 1. The molecule has 0 aliphatic heterocycles. The van der Waals surface area contributed by atoms with Crippen LogP contribution >= 0.6 is 0 Å². The second-order valence-electron chi connectivity index (χ2n) is 5.59. The summed E-state index contributed by atoms with van der Waals surface area (Å²) in [4.78, 5) is 22.7. The predicted octanol–water partition coefficient (Wildman–Crippen LogP) is 2.30. The van der Waals surface area contributed by atoms with Gasteiger partial charge in [0.25, 0.3) is 0 Å². The molecule has 2 N–H and O–H groups in total. The minimum Gasteiger partial charge on any atom is -0.481 e. The van der Waals surface area contributed by atoms with Crippen molar-refractivity contribution in [2.75, 3.05) is 0 Å². The third-order valence-corrected chi connectivity index (χ3v) is 3.69. The smallest absolute Gasteiger partial charge is 0.305 e. The lowest BCUT2D eigenvalue weighted by Crippen LogP contribution is -2.38. The zero-order valence-corrected chi connectivity index (χ0v) is 11.8. The van der Waals surface area contributed by atoms with Crippen LogP contribution in [-0.2, 0) is 16.0 Å². The third-order valence-electron chi connectivity index (χ3n) is 3.69. The van der Waals surface area contributed by atoms with E-state index in [4.69, 9.17) is 5.11 Å². The van der Waals surface area contributed by atoms with Gasteiger partial charge in [0.05, 0.1) is 6.42 Å². The molecule has 0 radical (unpaired) electrons. The van der Waals surface area contributed by atoms with Gasteiger partial charge in [0.2, 0.25) is 5.91 Å². The average Bonchev–Trinajstić information content (AvgIpc) is 3.21. The molecule has 0 heterocycles. The maximum atomic E-state index is 11.9. The Kier molecular flexibility index (Phi) is 4.77. The van der Waals surface area contributed by atoms with Crippen LogP contribution in [0.1, 0.15) is 36.8 Å². The van der Waals surface area contributed by atoms with Crippen molar-refractivity contribution < 1.29 is 14.7 Å². The molecule has 4 nitrogen and oxygen atoms in total. The van der Waals surface area contributed by atoms with Crippen molar-refractivity contribution in [1.82, 2.24) is 5.32 Å². The topological polar surface area (TPSA) is 66.4 Å². The maximum absolute atomic E-state index is 11.9. The van der Waals surface area contributed by atoms with Gasteiger partial charge in [-0.05, 0) is 37.7 Å². The number of hydrogen-bond donors (Lipinski definition) is 2. The van der Waals surface area contributed by atoms with E-state index in [0.29, 0.717) is 18.8 Å². The Morgan fingerprint density at radius 3 is 2.50 bits per heavy atom. The number of carbonyl (C=O) groups is 2. The lowest BCUT2D eigenvalue weighted by atomic mass is 10.1. The predicted molar refractivity (Wildman–Crippen MR) is 76.4 cm³/mol. The van der Waals surface area contributed by atoms with E-state index in [1.165, 1.54) is 5.56 Å². The van der Waals surface area contributed by atoms with Gasteiger partial charge < -0.3 is 10.4 Å². The van der Waals surface area contributed by atoms with E-state index >= 15 is 0 Å².